The van der Waals surface area contributed by atoms with Crippen LogP contribution in [0, 0.1) is 0 Å². The fourth-order valence-corrected chi connectivity index (χ4v) is 3.38. The fraction of sp³-hybridized carbons (Fsp3) is 0.789. The van der Waals surface area contributed by atoms with E-state index in [-0.39, 0.29) is 19.1 Å². The average molecular weight is 399 g/mol. The van der Waals surface area contributed by atoms with E-state index in [0.717, 1.165) is 44.6 Å². The average Bonchev–Trinajstić information content (AvgIpc) is 3.18. The van der Waals surface area contributed by atoms with Crippen LogP contribution in [0.25, 0.3) is 0 Å². The van der Waals surface area contributed by atoms with Crippen molar-refractivity contribution in [3.63, 3.8) is 0 Å². The first-order chi connectivity index (χ1) is 13.5. The van der Waals surface area contributed by atoms with Crippen LogP contribution in [0.1, 0.15) is 31.9 Å². The van der Waals surface area contributed by atoms with E-state index in [4.69, 9.17) is 9.47 Å². The minimum Gasteiger partial charge on any atom is -0.388 e. The molecule has 28 heavy (non-hydrogen) atoms. The molecule has 1 aliphatic heterocycles. The van der Waals surface area contributed by atoms with Gasteiger partial charge in [0.1, 0.15) is 18.3 Å². The number of hydrogen-bond donors (Lipinski definition) is 3. The number of aromatic nitrogens is 2. The zero-order valence-corrected chi connectivity index (χ0v) is 16.9. The van der Waals surface area contributed by atoms with Gasteiger partial charge in [-0.15, -0.1) is 0 Å². The molecule has 2 heterocycles. The zero-order chi connectivity index (χ0) is 20.4. The largest absolute Gasteiger partial charge is 0.388 e. The maximum absolute atomic E-state index is 12.1. The van der Waals surface area contributed by atoms with E-state index in [0.29, 0.717) is 13.2 Å². The summed E-state index contributed by atoms with van der Waals surface area (Å²) in [6, 6.07) is 1.96. The lowest BCUT2D eigenvalue weighted by atomic mass is 10.1. The second-order valence-corrected chi connectivity index (χ2v) is 7.29. The maximum atomic E-state index is 12.1. The lowest BCUT2D eigenvalue weighted by Crippen LogP contribution is -2.48. The number of ether oxygens (including phenoxy) is 2. The lowest BCUT2D eigenvalue weighted by molar-refractivity contribution is -0.136. The van der Waals surface area contributed by atoms with Crippen molar-refractivity contribution in [3.05, 3.63) is 18.0 Å². The van der Waals surface area contributed by atoms with Crippen molar-refractivity contribution in [2.24, 2.45) is 0 Å². The molecule has 9 nitrogen and oxygen atoms in total. The van der Waals surface area contributed by atoms with E-state index in [1.807, 2.05) is 6.07 Å². The number of carbonyl (C=O) groups excluding carboxylic acids is 1. The Morgan fingerprint density at radius 1 is 1.32 bits per heavy atom. The van der Waals surface area contributed by atoms with Crippen LogP contribution >= 0.6 is 0 Å². The monoisotopic (exact) mass is 398 g/mol. The molecule has 0 radical (unpaired) electrons. The lowest BCUT2D eigenvalue weighted by Gasteiger charge is -2.31. The third-order valence-electron chi connectivity index (χ3n) is 5.08. The summed E-state index contributed by atoms with van der Waals surface area (Å²) in [4.78, 5) is 16.1. The number of methoxy groups -OCH3 is 1. The number of amides is 1. The molecule has 3 atom stereocenters. The highest BCUT2D eigenvalue weighted by atomic mass is 16.5. The number of H-pyrrole nitrogens is 1. The van der Waals surface area contributed by atoms with E-state index in [1.165, 1.54) is 14.0 Å². The highest BCUT2D eigenvalue weighted by molar-refractivity contribution is 5.73. The number of aromatic amines is 1. The van der Waals surface area contributed by atoms with Gasteiger partial charge in [-0.25, -0.2) is 0 Å². The summed E-state index contributed by atoms with van der Waals surface area (Å²) in [5.74, 6) is -0.0792. The number of nitrogens with zero attached hydrogens (tertiary/aromatic N) is 3. The number of nitrogens with one attached hydrogen (secondary N) is 1. The van der Waals surface area contributed by atoms with Crippen LogP contribution < -0.4 is 0 Å². The van der Waals surface area contributed by atoms with Gasteiger partial charge in [0.05, 0.1) is 6.61 Å². The summed E-state index contributed by atoms with van der Waals surface area (Å²) in [7, 11) is 1.47. The van der Waals surface area contributed by atoms with E-state index >= 15 is 0 Å². The molecule has 1 aliphatic rings. The first kappa shape index (κ1) is 22.8. The standard InChI is InChI=1S/C19H34N4O5/c1-15(24)23-10-5-9-22(12-16-6-7-20-21-16)8-3-4-11-28-14-17(25)19(26)18(13-23)27-2/h6-7,17-19,25-26H,3-5,8-14H2,1-2H3,(H,20,21)/t17-,18-,19-/m0/s1. The van der Waals surface area contributed by atoms with E-state index in [1.54, 1.807) is 11.1 Å². The van der Waals surface area contributed by atoms with Crippen molar-refractivity contribution in [1.82, 2.24) is 20.0 Å². The van der Waals surface area contributed by atoms with Crippen molar-refractivity contribution in [1.29, 1.82) is 0 Å². The van der Waals surface area contributed by atoms with Gasteiger partial charge in [0.15, 0.2) is 0 Å². The van der Waals surface area contributed by atoms with Crippen molar-refractivity contribution in [3.8, 4) is 0 Å². The van der Waals surface area contributed by atoms with Gasteiger partial charge < -0.3 is 24.6 Å². The molecule has 3 N–H and O–H groups in total. The summed E-state index contributed by atoms with van der Waals surface area (Å²) < 4.78 is 10.9. The van der Waals surface area contributed by atoms with Crippen LogP contribution in [-0.4, -0.2) is 101 Å². The molecular formula is C19H34N4O5. The highest BCUT2D eigenvalue weighted by Crippen LogP contribution is 2.11. The maximum Gasteiger partial charge on any atom is 0.219 e. The van der Waals surface area contributed by atoms with Gasteiger partial charge in [0.25, 0.3) is 0 Å². The van der Waals surface area contributed by atoms with Gasteiger partial charge in [-0.3, -0.25) is 14.8 Å². The highest BCUT2D eigenvalue weighted by Gasteiger charge is 2.29. The van der Waals surface area contributed by atoms with Crippen molar-refractivity contribution < 1.29 is 24.5 Å². The third kappa shape index (κ3) is 7.48. The second-order valence-electron chi connectivity index (χ2n) is 7.29. The molecule has 1 amide bonds. The Morgan fingerprint density at radius 3 is 2.79 bits per heavy atom. The summed E-state index contributed by atoms with van der Waals surface area (Å²) in [5.41, 5.74) is 1.06. The minimum absolute atomic E-state index is 0.0406. The van der Waals surface area contributed by atoms with E-state index < -0.39 is 18.3 Å². The number of hydrogen-bond acceptors (Lipinski definition) is 7. The van der Waals surface area contributed by atoms with Gasteiger partial charge in [-0.1, -0.05) is 0 Å². The van der Waals surface area contributed by atoms with Crippen LogP contribution in [0.15, 0.2) is 12.3 Å². The Kier molecular flexibility index (Phi) is 9.86. The molecule has 1 aromatic rings. The normalized spacial score (nSPS) is 27.1. The van der Waals surface area contributed by atoms with Crippen molar-refractivity contribution in [2.45, 2.75) is 51.0 Å². The van der Waals surface area contributed by atoms with E-state index in [9.17, 15) is 15.0 Å². The Balaban J connectivity index is 2.03. The Hall–Kier alpha value is -1.52. The molecule has 0 spiro atoms. The van der Waals surface area contributed by atoms with Crippen LogP contribution in [0.3, 0.4) is 0 Å². The van der Waals surface area contributed by atoms with Crippen LogP contribution in [-0.2, 0) is 20.8 Å². The molecule has 160 valence electrons. The number of rotatable bonds is 3. The molecule has 0 aromatic carbocycles. The van der Waals surface area contributed by atoms with Gasteiger partial charge in [-0.05, 0) is 31.9 Å². The molecular weight excluding hydrogens is 364 g/mol. The van der Waals surface area contributed by atoms with Crippen LogP contribution in [0.2, 0.25) is 0 Å². The molecule has 2 rings (SSSR count). The third-order valence-corrected chi connectivity index (χ3v) is 5.08. The minimum atomic E-state index is -1.12. The number of carbonyl (C=O) groups is 1. The van der Waals surface area contributed by atoms with Crippen molar-refractivity contribution >= 4 is 5.91 Å². The Morgan fingerprint density at radius 2 is 2.11 bits per heavy atom. The quantitative estimate of drug-likeness (QED) is 0.657. The van der Waals surface area contributed by atoms with E-state index in [2.05, 4.69) is 15.1 Å². The molecule has 0 saturated carbocycles. The topological polar surface area (TPSA) is 111 Å². The molecule has 0 aliphatic carbocycles. The molecule has 0 bridgehead atoms. The fourth-order valence-electron chi connectivity index (χ4n) is 3.38. The first-order valence-corrected chi connectivity index (χ1v) is 9.94. The molecule has 1 aromatic heterocycles. The number of aliphatic hydroxyl groups excluding tert-OH is 2. The van der Waals surface area contributed by atoms with Gasteiger partial charge in [-0.2, -0.15) is 5.10 Å². The van der Waals surface area contributed by atoms with Crippen LogP contribution in [0.4, 0.5) is 0 Å². The second kappa shape index (κ2) is 12.1. The molecule has 9 heteroatoms. The Labute approximate surface area is 166 Å². The van der Waals surface area contributed by atoms with Gasteiger partial charge in [0.2, 0.25) is 5.91 Å². The van der Waals surface area contributed by atoms with Gasteiger partial charge in [0, 0.05) is 58.7 Å². The first-order valence-electron chi connectivity index (χ1n) is 9.94. The van der Waals surface area contributed by atoms with Gasteiger partial charge >= 0.3 is 0 Å². The summed E-state index contributed by atoms with van der Waals surface area (Å²) >= 11 is 0. The van der Waals surface area contributed by atoms with Crippen molar-refractivity contribution in [2.75, 3.05) is 46.5 Å². The smallest absolute Gasteiger partial charge is 0.219 e. The summed E-state index contributed by atoms with van der Waals surface area (Å²) in [5, 5.41) is 27.6. The molecule has 1 fully saturated rings. The predicted molar refractivity (Wildman–Crippen MR) is 104 cm³/mol. The summed E-state index contributed by atoms with van der Waals surface area (Å²) in [6.45, 7) is 5.39. The molecule has 0 unspecified atom stereocenters. The Bertz CT molecular complexity index is 557. The zero-order valence-electron chi connectivity index (χ0n) is 16.9. The predicted octanol–water partition coefficient (Wildman–Crippen LogP) is -0.00250. The molecule has 1 saturated heterocycles. The van der Waals surface area contributed by atoms with Crippen LogP contribution in [0.5, 0.6) is 0 Å². The summed E-state index contributed by atoms with van der Waals surface area (Å²) in [6.07, 6.45) is 1.54. The SMILES string of the molecule is CO[C@H]1CN(C(C)=O)CCCN(Cc2ccn[nH]2)CCCCOC[C@H](O)[C@@H]1O. The number of aliphatic hydroxyl groups is 2.